The van der Waals surface area contributed by atoms with Crippen molar-refractivity contribution in [3.05, 3.63) is 35.6 Å². The molecular formula is C13H17FO3S. The van der Waals surface area contributed by atoms with Crippen LogP contribution in [0.2, 0.25) is 0 Å². The Balaban J connectivity index is 3.15. The Hall–Kier alpha value is -1.07. The van der Waals surface area contributed by atoms with Gasteiger partial charge in [0.05, 0.1) is 0 Å². The molecule has 0 aliphatic heterocycles. The molecule has 0 fully saturated rings. The van der Waals surface area contributed by atoms with Crippen molar-refractivity contribution in [1.29, 1.82) is 0 Å². The predicted octanol–water partition coefficient (Wildman–Crippen LogP) is 3.24. The van der Waals surface area contributed by atoms with Gasteiger partial charge in [-0.2, -0.15) is 0 Å². The number of carbonyl (C=O) groups is 1. The van der Waals surface area contributed by atoms with Crippen LogP contribution in [0.1, 0.15) is 25.8 Å². The van der Waals surface area contributed by atoms with E-state index in [0.29, 0.717) is 11.3 Å². The highest BCUT2D eigenvalue weighted by atomic mass is 32.2. The zero-order valence-corrected chi connectivity index (χ0v) is 11.3. The number of carboxylic acids is 1. The average Bonchev–Trinajstić information content (AvgIpc) is 2.35. The Morgan fingerprint density at radius 1 is 1.39 bits per heavy atom. The highest BCUT2D eigenvalue weighted by Crippen LogP contribution is 2.38. The lowest BCUT2D eigenvalue weighted by Crippen LogP contribution is -2.36. The Morgan fingerprint density at radius 3 is 2.44 bits per heavy atom. The Labute approximate surface area is 110 Å². The van der Waals surface area contributed by atoms with Gasteiger partial charge in [-0.05, 0) is 31.2 Å². The lowest BCUT2D eigenvalue weighted by atomic mass is 10.1. The first-order chi connectivity index (χ1) is 8.56. The molecule has 3 nitrogen and oxygen atoms in total. The fourth-order valence-electron chi connectivity index (χ4n) is 1.57. The number of rotatable bonds is 7. The van der Waals surface area contributed by atoms with Crippen molar-refractivity contribution in [3.8, 4) is 0 Å². The van der Waals surface area contributed by atoms with Crippen LogP contribution < -0.4 is 0 Å². The third kappa shape index (κ3) is 3.23. The smallest absolute Gasteiger partial charge is 0.351 e. The lowest BCUT2D eigenvalue weighted by molar-refractivity contribution is -0.154. The van der Waals surface area contributed by atoms with Crippen LogP contribution in [0.5, 0.6) is 0 Å². The standard InChI is InChI=1S/C13H17FO3S/c1-3-9-18-13(12(15)16,17-4-2)10-5-7-11(14)8-6-10/h5-8H,3-4,9H2,1-2H3,(H,15,16). The molecule has 100 valence electrons. The van der Waals surface area contributed by atoms with E-state index < -0.39 is 16.7 Å². The quantitative estimate of drug-likeness (QED) is 0.774. The molecule has 0 heterocycles. The second kappa shape index (κ2) is 6.75. The molecule has 0 radical (unpaired) electrons. The second-order valence-corrected chi connectivity index (χ2v) is 4.98. The maximum absolute atomic E-state index is 12.9. The highest BCUT2D eigenvalue weighted by Gasteiger charge is 2.41. The minimum atomic E-state index is -1.45. The summed E-state index contributed by atoms with van der Waals surface area (Å²) in [6.07, 6.45) is 0.841. The predicted molar refractivity (Wildman–Crippen MR) is 70.1 cm³/mol. The van der Waals surface area contributed by atoms with E-state index in [1.807, 2.05) is 6.92 Å². The van der Waals surface area contributed by atoms with Crippen LogP contribution in [0.3, 0.4) is 0 Å². The number of ether oxygens (including phenoxy) is 1. The minimum absolute atomic E-state index is 0.278. The van der Waals surface area contributed by atoms with Gasteiger partial charge in [0.15, 0.2) is 0 Å². The Morgan fingerprint density at radius 2 is 2.00 bits per heavy atom. The first-order valence-electron chi connectivity index (χ1n) is 5.84. The molecule has 0 aliphatic carbocycles. The largest absolute Gasteiger partial charge is 0.478 e. The van der Waals surface area contributed by atoms with Gasteiger partial charge in [-0.3, -0.25) is 0 Å². The number of hydrogen-bond donors (Lipinski definition) is 1. The SMILES string of the molecule is CCCSC(OCC)(C(=O)O)c1ccc(F)cc1. The molecule has 0 spiro atoms. The van der Waals surface area contributed by atoms with E-state index >= 15 is 0 Å². The molecule has 5 heteroatoms. The number of carboxylic acid groups (broad SMARTS) is 1. The van der Waals surface area contributed by atoms with Gasteiger partial charge in [-0.15, -0.1) is 11.8 Å². The molecule has 0 aliphatic rings. The van der Waals surface area contributed by atoms with E-state index in [4.69, 9.17) is 4.74 Å². The average molecular weight is 272 g/mol. The van der Waals surface area contributed by atoms with Crippen molar-refractivity contribution in [1.82, 2.24) is 0 Å². The summed E-state index contributed by atoms with van der Waals surface area (Å²) in [5.41, 5.74) is 0.455. The number of thioether (sulfide) groups is 1. The zero-order chi connectivity index (χ0) is 13.6. The van der Waals surface area contributed by atoms with Gasteiger partial charge in [0, 0.05) is 12.2 Å². The summed E-state index contributed by atoms with van der Waals surface area (Å²) in [4.78, 5) is 10.1. The van der Waals surface area contributed by atoms with Gasteiger partial charge in [0.25, 0.3) is 0 Å². The summed E-state index contributed by atoms with van der Waals surface area (Å²) < 4.78 is 18.4. The van der Waals surface area contributed by atoms with Crippen molar-refractivity contribution in [2.75, 3.05) is 12.4 Å². The summed E-state index contributed by atoms with van der Waals surface area (Å²) in [7, 11) is 0. The molecule has 0 saturated heterocycles. The molecule has 1 atom stereocenters. The molecule has 1 rings (SSSR count). The number of aliphatic carboxylic acids is 1. The molecule has 0 saturated carbocycles. The number of benzene rings is 1. The van der Waals surface area contributed by atoms with Crippen molar-refractivity contribution >= 4 is 17.7 Å². The second-order valence-electron chi connectivity index (χ2n) is 3.71. The summed E-state index contributed by atoms with van der Waals surface area (Å²) in [5.74, 6) is -0.798. The van der Waals surface area contributed by atoms with Crippen molar-refractivity contribution < 1.29 is 19.0 Å². The topological polar surface area (TPSA) is 46.5 Å². The third-order valence-corrected chi connectivity index (χ3v) is 3.91. The van der Waals surface area contributed by atoms with Crippen molar-refractivity contribution in [2.45, 2.75) is 25.2 Å². The number of halogens is 1. The molecule has 18 heavy (non-hydrogen) atoms. The maximum Gasteiger partial charge on any atom is 0.351 e. The van der Waals surface area contributed by atoms with E-state index in [9.17, 15) is 14.3 Å². The third-order valence-electron chi connectivity index (χ3n) is 2.36. The molecule has 0 amide bonds. The van der Waals surface area contributed by atoms with Gasteiger partial charge in [-0.25, -0.2) is 9.18 Å². The first kappa shape index (κ1) is 15.0. The molecular weight excluding hydrogens is 255 g/mol. The van der Waals surface area contributed by atoms with Crippen LogP contribution in [0, 0.1) is 5.82 Å². The molecule has 0 bridgehead atoms. The Kier molecular flexibility index (Phi) is 5.62. The van der Waals surface area contributed by atoms with Gasteiger partial charge in [0.2, 0.25) is 4.93 Å². The van der Waals surface area contributed by atoms with Crippen LogP contribution in [-0.2, 0) is 14.5 Å². The van der Waals surface area contributed by atoms with Crippen LogP contribution in [0.15, 0.2) is 24.3 Å². The first-order valence-corrected chi connectivity index (χ1v) is 6.82. The van der Waals surface area contributed by atoms with E-state index in [-0.39, 0.29) is 6.61 Å². The highest BCUT2D eigenvalue weighted by molar-refractivity contribution is 8.00. The van der Waals surface area contributed by atoms with Crippen LogP contribution in [0.25, 0.3) is 0 Å². The lowest BCUT2D eigenvalue weighted by Gasteiger charge is -2.29. The van der Waals surface area contributed by atoms with E-state index in [1.165, 1.54) is 36.0 Å². The fraction of sp³-hybridized carbons (Fsp3) is 0.462. The van der Waals surface area contributed by atoms with Crippen molar-refractivity contribution in [2.24, 2.45) is 0 Å². The van der Waals surface area contributed by atoms with Crippen LogP contribution in [0.4, 0.5) is 4.39 Å². The summed E-state index contributed by atoms with van der Waals surface area (Å²) in [5, 5.41) is 9.46. The monoisotopic (exact) mass is 272 g/mol. The fourth-order valence-corrected chi connectivity index (χ4v) is 2.69. The molecule has 0 aromatic heterocycles. The molecule has 1 aromatic carbocycles. The van der Waals surface area contributed by atoms with E-state index in [0.717, 1.165) is 6.42 Å². The normalized spacial score (nSPS) is 14.2. The van der Waals surface area contributed by atoms with E-state index in [2.05, 4.69) is 0 Å². The van der Waals surface area contributed by atoms with Gasteiger partial charge >= 0.3 is 5.97 Å². The summed E-state index contributed by atoms with van der Waals surface area (Å²) in [6, 6.07) is 5.42. The molecule has 1 aromatic rings. The van der Waals surface area contributed by atoms with Crippen LogP contribution >= 0.6 is 11.8 Å². The zero-order valence-electron chi connectivity index (χ0n) is 10.5. The molecule has 1 unspecified atom stereocenters. The Bertz CT molecular complexity index is 394. The summed E-state index contributed by atoms with van der Waals surface area (Å²) >= 11 is 1.22. The van der Waals surface area contributed by atoms with Gasteiger partial charge in [-0.1, -0.05) is 19.1 Å². The maximum atomic E-state index is 12.9. The minimum Gasteiger partial charge on any atom is -0.478 e. The molecule has 1 N–H and O–H groups in total. The van der Waals surface area contributed by atoms with Gasteiger partial charge in [0.1, 0.15) is 5.82 Å². The van der Waals surface area contributed by atoms with Gasteiger partial charge < -0.3 is 9.84 Å². The van der Waals surface area contributed by atoms with Crippen LogP contribution in [-0.4, -0.2) is 23.4 Å². The summed E-state index contributed by atoms with van der Waals surface area (Å²) in [6.45, 7) is 3.99. The van der Waals surface area contributed by atoms with E-state index in [1.54, 1.807) is 6.92 Å². The van der Waals surface area contributed by atoms with Crippen molar-refractivity contribution in [3.63, 3.8) is 0 Å². The number of hydrogen-bond acceptors (Lipinski definition) is 3.